The summed E-state index contributed by atoms with van der Waals surface area (Å²) in [5.41, 5.74) is 3.08. The van der Waals surface area contributed by atoms with E-state index >= 15 is 0 Å². The fraction of sp³-hybridized carbons (Fsp3) is 0.400. The van der Waals surface area contributed by atoms with Gasteiger partial charge in [-0.1, -0.05) is 49.2 Å². The van der Waals surface area contributed by atoms with E-state index in [9.17, 15) is 19.5 Å². The second kappa shape index (κ2) is 15.3. The number of carbonyl (C=O) groups is 3. The molecule has 0 fully saturated rings. The second-order valence-corrected chi connectivity index (χ2v) is 11.9. The molecule has 0 saturated carbocycles. The molecular weight excluding hydrogens is 558 g/mol. The Labute approximate surface area is 260 Å². The fourth-order valence-electron chi connectivity index (χ4n) is 4.88. The minimum Gasteiger partial charge on any atom is -0.508 e. The van der Waals surface area contributed by atoms with E-state index in [1.54, 1.807) is 69.2 Å². The number of aromatic hydroxyl groups is 1. The Balaban J connectivity index is 2.08. The van der Waals surface area contributed by atoms with E-state index in [2.05, 4.69) is 10.6 Å². The maximum Gasteiger partial charge on any atom is 0.408 e. The third-order valence-electron chi connectivity index (χ3n) is 7.04. The van der Waals surface area contributed by atoms with Gasteiger partial charge in [0.2, 0.25) is 5.91 Å². The van der Waals surface area contributed by atoms with Crippen molar-refractivity contribution in [2.75, 3.05) is 19.0 Å². The van der Waals surface area contributed by atoms with Crippen LogP contribution in [0.1, 0.15) is 68.8 Å². The van der Waals surface area contributed by atoms with Gasteiger partial charge in [0.05, 0.1) is 7.11 Å². The third-order valence-corrected chi connectivity index (χ3v) is 7.04. The van der Waals surface area contributed by atoms with Gasteiger partial charge in [0, 0.05) is 18.7 Å². The smallest absolute Gasteiger partial charge is 0.408 e. The zero-order valence-corrected chi connectivity index (χ0v) is 26.8. The van der Waals surface area contributed by atoms with Crippen molar-refractivity contribution in [1.82, 2.24) is 10.2 Å². The number of unbranched alkanes of at least 4 members (excludes halogenated alkanes) is 1. The van der Waals surface area contributed by atoms with Gasteiger partial charge in [0.1, 0.15) is 29.2 Å². The highest BCUT2D eigenvalue weighted by Crippen LogP contribution is 2.29. The van der Waals surface area contributed by atoms with Crippen LogP contribution in [-0.4, -0.2) is 53.2 Å². The van der Waals surface area contributed by atoms with E-state index < -0.39 is 29.7 Å². The summed E-state index contributed by atoms with van der Waals surface area (Å²) in [5.74, 6) is -0.0650. The Morgan fingerprint density at radius 1 is 0.955 bits per heavy atom. The van der Waals surface area contributed by atoms with Crippen molar-refractivity contribution in [1.29, 1.82) is 0 Å². The van der Waals surface area contributed by atoms with Gasteiger partial charge in [0.25, 0.3) is 5.91 Å². The molecule has 9 heteroatoms. The van der Waals surface area contributed by atoms with Crippen molar-refractivity contribution < 1.29 is 29.0 Å². The first-order valence-corrected chi connectivity index (χ1v) is 14.9. The molecule has 3 amide bonds. The molecule has 9 nitrogen and oxygen atoms in total. The quantitative estimate of drug-likeness (QED) is 0.219. The first-order valence-electron chi connectivity index (χ1n) is 14.9. The van der Waals surface area contributed by atoms with Crippen LogP contribution in [0, 0.1) is 13.8 Å². The van der Waals surface area contributed by atoms with Crippen LogP contribution in [-0.2, 0) is 20.7 Å². The number of amides is 3. The Morgan fingerprint density at radius 3 is 2.18 bits per heavy atom. The van der Waals surface area contributed by atoms with E-state index in [0.29, 0.717) is 23.4 Å². The van der Waals surface area contributed by atoms with E-state index in [0.717, 1.165) is 23.1 Å². The van der Waals surface area contributed by atoms with Gasteiger partial charge in [-0.15, -0.1) is 0 Å². The SMILES string of the molecule is CCCCN(C(=O)C(Cc1ccc(O)cc1)NC(=O)OC(C)(C)C)C(C(=O)Nc1ccc(OC)cc1)c1ccc(C)cc1C. The molecule has 3 rings (SSSR count). The molecule has 2 unspecified atom stereocenters. The molecule has 0 bridgehead atoms. The Hall–Kier alpha value is -4.53. The summed E-state index contributed by atoms with van der Waals surface area (Å²) in [5, 5.41) is 15.5. The topological polar surface area (TPSA) is 117 Å². The Bertz CT molecular complexity index is 1410. The first-order chi connectivity index (χ1) is 20.8. The Kier molecular flexibility index (Phi) is 11.8. The molecule has 3 aromatic carbocycles. The van der Waals surface area contributed by atoms with Gasteiger partial charge >= 0.3 is 6.09 Å². The molecule has 0 saturated heterocycles. The minimum absolute atomic E-state index is 0.0893. The number of hydrogen-bond acceptors (Lipinski definition) is 6. The van der Waals surface area contributed by atoms with Crippen LogP contribution in [0.2, 0.25) is 0 Å². The molecule has 0 aliphatic rings. The van der Waals surface area contributed by atoms with Crippen molar-refractivity contribution in [3.63, 3.8) is 0 Å². The monoisotopic (exact) mass is 603 g/mol. The van der Waals surface area contributed by atoms with Gasteiger partial charge < -0.3 is 30.1 Å². The van der Waals surface area contributed by atoms with E-state index in [-0.39, 0.29) is 24.6 Å². The van der Waals surface area contributed by atoms with Crippen LogP contribution in [0.3, 0.4) is 0 Å². The van der Waals surface area contributed by atoms with Crippen molar-refractivity contribution >= 4 is 23.6 Å². The summed E-state index contributed by atoms with van der Waals surface area (Å²) in [6.07, 6.45) is 0.809. The number of methoxy groups -OCH3 is 1. The number of carbonyl (C=O) groups excluding carboxylic acids is 3. The highest BCUT2D eigenvalue weighted by atomic mass is 16.6. The van der Waals surface area contributed by atoms with Gasteiger partial charge in [-0.2, -0.15) is 0 Å². The number of aryl methyl sites for hydroxylation is 2. The number of ether oxygens (including phenoxy) is 2. The normalized spacial score (nSPS) is 12.5. The number of nitrogens with zero attached hydrogens (tertiary/aromatic N) is 1. The van der Waals surface area contributed by atoms with Gasteiger partial charge in [-0.25, -0.2) is 4.79 Å². The Morgan fingerprint density at radius 2 is 1.61 bits per heavy atom. The number of phenols is 1. The number of rotatable bonds is 12. The van der Waals surface area contributed by atoms with E-state index in [4.69, 9.17) is 9.47 Å². The van der Waals surface area contributed by atoms with E-state index in [1.807, 2.05) is 39.0 Å². The molecule has 0 heterocycles. The highest BCUT2D eigenvalue weighted by Gasteiger charge is 2.37. The van der Waals surface area contributed by atoms with Crippen molar-refractivity contribution in [2.45, 2.75) is 78.5 Å². The largest absolute Gasteiger partial charge is 0.508 e. The maximum atomic E-state index is 14.6. The van der Waals surface area contributed by atoms with Crippen molar-refractivity contribution in [3.05, 3.63) is 89.0 Å². The predicted octanol–water partition coefficient (Wildman–Crippen LogP) is 6.46. The summed E-state index contributed by atoms with van der Waals surface area (Å²) in [7, 11) is 1.57. The molecule has 0 radical (unpaired) electrons. The lowest BCUT2D eigenvalue weighted by atomic mass is 9.95. The lowest BCUT2D eigenvalue weighted by molar-refractivity contribution is -0.140. The number of nitrogens with one attached hydrogen (secondary N) is 2. The standard InChI is InChI=1S/C35H45N3O6/c1-8-9-20-38(33(41)30(37-34(42)44-35(4,5)6)22-25-11-15-27(39)16-12-25)31(29-19-10-23(2)21-24(29)3)32(40)36-26-13-17-28(43-7)18-14-26/h10-19,21,30-31,39H,8-9,20,22H2,1-7H3,(H,36,40)(H,37,42). The summed E-state index contributed by atoms with van der Waals surface area (Å²) in [6.45, 7) is 11.4. The minimum atomic E-state index is -1.05. The number of benzene rings is 3. The number of alkyl carbamates (subject to hydrolysis) is 1. The molecule has 3 N–H and O–H groups in total. The van der Waals surface area contributed by atoms with Crippen LogP contribution in [0.15, 0.2) is 66.7 Å². The highest BCUT2D eigenvalue weighted by molar-refractivity contribution is 5.99. The van der Waals surface area contributed by atoms with Crippen LogP contribution in [0.25, 0.3) is 0 Å². The van der Waals surface area contributed by atoms with Crippen molar-refractivity contribution in [3.8, 4) is 11.5 Å². The first kappa shape index (κ1) is 34.0. The second-order valence-electron chi connectivity index (χ2n) is 11.9. The van der Waals surface area contributed by atoms with Crippen LogP contribution in [0.4, 0.5) is 10.5 Å². The molecule has 0 aromatic heterocycles. The van der Waals surface area contributed by atoms with Crippen LogP contribution < -0.4 is 15.4 Å². The van der Waals surface area contributed by atoms with Gasteiger partial charge in [0.15, 0.2) is 0 Å². The van der Waals surface area contributed by atoms with Crippen LogP contribution in [0.5, 0.6) is 11.5 Å². The van der Waals surface area contributed by atoms with E-state index in [1.165, 1.54) is 12.1 Å². The van der Waals surface area contributed by atoms with Gasteiger partial charge in [-0.05, 0) is 94.1 Å². The number of phenolic OH excluding ortho intramolecular Hbond substituents is 1. The zero-order chi connectivity index (χ0) is 32.4. The summed E-state index contributed by atoms with van der Waals surface area (Å²) in [4.78, 5) is 43.3. The summed E-state index contributed by atoms with van der Waals surface area (Å²) >= 11 is 0. The molecule has 44 heavy (non-hydrogen) atoms. The van der Waals surface area contributed by atoms with Crippen molar-refractivity contribution in [2.24, 2.45) is 0 Å². The molecule has 0 spiro atoms. The lowest BCUT2D eigenvalue weighted by Crippen LogP contribution is -2.53. The average Bonchev–Trinajstić information content (AvgIpc) is 2.95. The predicted molar refractivity (Wildman–Crippen MR) is 172 cm³/mol. The summed E-state index contributed by atoms with van der Waals surface area (Å²) < 4.78 is 10.8. The molecule has 3 aromatic rings. The fourth-order valence-corrected chi connectivity index (χ4v) is 4.88. The molecular formula is C35H45N3O6. The zero-order valence-electron chi connectivity index (χ0n) is 26.8. The molecule has 2 atom stereocenters. The molecule has 0 aliphatic carbocycles. The maximum absolute atomic E-state index is 14.6. The lowest BCUT2D eigenvalue weighted by Gasteiger charge is -2.35. The molecule has 236 valence electrons. The molecule has 0 aliphatic heterocycles. The van der Waals surface area contributed by atoms with Gasteiger partial charge in [-0.3, -0.25) is 9.59 Å². The average molecular weight is 604 g/mol. The number of hydrogen-bond donors (Lipinski definition) is 3. The number of anilines is 1. The third kappa shape index (κ3) is 9.76. The summed E-state index contributed by atoms with van der Waals surface area (Å²) in [6, 6.07) is 17.2. The van der Waals surface area contributed by atoms with Crippen LogP contribution >= 0.6 is 0 Å².